The molecule has 7 nitrogen and oxygen atoms in total. The summed E-state index contributed by atoms with van der Waals surface area (Å²) in [5, 5.41) is 3.45. The van der Waals surface area contributed by atoms with E-state index in [4.69, 9.17) is 25.8 Å². The van der Waals surface area contributed by atoms with Gasteiger partial charge in [-0.05, 0) is 54.3 Å². The second-order valence-electron chi connectivity index (χ2n) is 7.04. The number of nitrogens with one attached hydrogen (secondary N) is 1. The van der Waals surface area contributed by atoms with Crippen molar-refractivity contribution in [2.24, 2.45) is 0 Å². The molecule has 1 heterocycles. The van der Waals surface area contributed by atoms with Crippen molar-refractivity contribution in [3.05, 3.63) is 52.0 Å². The summed E-state index contributed by atoms with van der Waals surface area (Å²) in [7, 11) is 4.46. The number of carbonyl (C=O) groups excluding carboxylic acids is 2. The monoisotopic (exact) mass is 432 g/mol. The van der Waals surface area contributed by atoms with Gasteiger partial charge in [0, 0.05) is 17.3 Å². The first-order valence-electron chi connectivity index (χ1n) is 9.53. The number of urea groups is 1. The van der Waals surface area contributed by atoms with E-state index in [0.29, 0.717) is 35.2 Å². The molecule has 0 aromatic heterocycles. The predicted octanol–water partition coefficient (Wildman–Crippen LogP) is 4.36. The fourth-order valence-electron chi connectivity index (χ4n) is 3.60. The number of nitrogens with zero attached hydrogens (tertiary/aromatic N) is 1. The van der Waals surface area contributed by atoms with Crippen LogP contribution in [0.5, 0.6) is 11.5 Å². The van der Waals surface area contributed by atoms with E-state index in [-0.39, 0.29) is 12.5 Å². The van der Waals surface area contributed by atoms with E-state index in [9.17, 15) is 9.59 Å². The zero-order chi connectivity index (χ0) is 21.8. The molecule has 0 spiro atoms. The molecule has 160 valence electrons. The molecule has 0 saturated carbocycles. The Morgan fingerprint density at radius 1 is 1.13 bits per heavy atom. The number of benzene rings is 2. The summed E-state index contributed by atoms with van der Waals surface area (Å²) in [5.74, 6) is 0.748. The Morgan fingerprint density at radius 2 is 1.83 bits per heavy atom. The number of hydrogen-bond acceptors (Lipinski definition) is 5. The highest BCUT2D eigenvalue weighted by Gasteiger charge is 2.34. The van der Waals surface area contributed by atoms with Crippen LogP contribution >= 0.6 is 11.6 Å². The van der Waals surface area contributed by atoms with Crippen LogP contribution in [0.1, 0.15) is 29.2 Å². The molecular formula is C22H25ClN2O5. The summed E-state index contributed by atoms with van der Waals surface area (Å²) < 4.78 is 15.7. The molecule has 2 aromatic carbocycles. The van der Waals surface area contributed by atoms with Crippen LogP contribution in [-0.2, 0) is 16.0 Å². The lowest BCUT2D eigenvalue weighted by atomic mass is 9.90. The minimum absolute atomic E-state index is 0.0288. The largest absolute Gasteiger partial charge is 0.493 e. The molecule has 1 atom stereocenters. The smallest absolute Gasteiger partial charge is 0.322 e. The maximum Gasteiger partial charge on any atom is 0.322 e. The van der Waals surface area contributed by atoms with Crippen LogP contribution in [0.25, 0.3) is 0 Å². The number of esters is 1. The standard InChI is InChI=1S/C22H25ClN2O5/c1-13-5-6-15(10-17(13)23)24-22(27)25-8-7-14-9-19(28-2)20(29-3)11-16(14)18(25)12-21(26)30-4/h5-6,9-11,18H,7-8,12H2,1-4H3,(H,24,27). The predicted molar refractivity (Wildman–Crippen MR) is 115 cm³/mol. The van der Waals surface area contributed by atoms with Gasteiger partial charge in [-0.2, -0.15) is 0 Å². The van der Waals surface area contributed by atoms with E-state index in [0.717, 1.165) is 16.7 Å². The zero-order valence-electron chi connectivity index (χ0n) is 17.5. The number of aryl methyl sites for hydroxylation is 1. The van der Waals surface area contributed by atoms with Gasteiger partial charge in [0.05, 0.1) is 33.8 Å². The Hall–Kier alpha value is -2.93. The van der Waals surface area contributed by atoms with Crippen LogP contribution in [-0.4, -0.2) is 44.8 Å². The number of carbonyl (C=O) groups is 2. The first-order valence-corrected chi connectivity index (χ1v) is 9.91. The van der Waals surface area contributed by atoms with Crippen molar-refractivity contribution in [1.82, 2.24) is 4.90 Å². The first kappa shape index (κ1) is 21.8. The molecule has 1 aliphatic rings. The van der Waals surface area contributed by atoms with Gasteiger partial charge in [0.25, 0.3) is 0 Å². The Kier molecular flexibility index (Phi) is 6.72. The highest BCUT2D eigenvalue weighted by molar-refractivity contribution is 6.31. The molecule has 0 saturated heterocycles. The van der Waals surface area contributed by atoms with Crippen molar-refractivity contribution < 1.29 is 23.8 Å². The Morgan fingerprint density at radius 3 is 2.47 bits per heavy atom. The zero-order valence-corrected chi connectivity index (χ0v) is 18.2. The second kappa shape index (κ2) is 9.26. The SMILES string of the molecule is COC(=O)CC1c2cc(OC)c(OC)cc2CCN1C(=O)Nc1ccc(C)c(Cl)c1. The molecule has 0 aliphatic carbocycles. The van der Waals surface area contributed by atoms with Crippen molar-refractivity contribution in [2.75, 3.05) is 33.2 Å². The lowest BCUT2D eigenvalue weighted by Crippen LogP contribution is -2.43. The molecule has 0 bridgehead atoms. The van der Waals surface area contributed by atoms with E-state index in [1.807, 2.05) is 25.1 Å². The molecule has 8 heteroatoms. The van der Waals surface area contributed by atoms with Gasteiger partial charge < -0.3 is 24.4 Å². The third-order valence-corrected chi connectivity index (χ3v) is 5.68. The van der Waals surface area contributed by atoms with E-state index >= 15 is 0 Å². The molecule has 3 rings (SSSR count). The average molecular weight is 433 g/mol. The van der Waals surface area contributed by atoms with Gasteiger partial charge in [0.1, 0.15) is 0 Å². The minimum Gasteiger partial charge on any atom is -0.493 e. The van der Waals surface area contributed by atoms with Crippen LogP contribution in [0.3, 0.4) is 0 Å². The molecule has 2 amide bonds. The molecule has 1 N–H and O–H groups in total. The minimum atomic E-state index is -0.498. The van der Waals surface area contributed by atoms with Crippen molar-refractivity contribution in [1.29, 1.82) is 0 Å². The number of rotatable bonds is 5. The van der Waals surface area contributed by atoms with Gasteiger partial charge >= 0.3 is 12.0 Å². The fourth-order valence-corrected chi connectivity index (χ4v) is 3.78. The van der Waals surface area contributed by atoms with Crippen molar-refractivity contribution in [3.8, 4) is 11.5 Å². The summed E-state index contributed by atoms with van der Waals surface area (Å²) in [6, 6.07) is 8.24. The van der Waals surface area contributed by atoms with Gasteiger partial charge in [-0.15, -0.1) is 0 Å². The lowest BCUT2D eigenvalue weighted by molar-refractivity contribution is -0.141. The molecule has 2 aromatic rings. The molecule has 1 unspecified atom stereocenters. The highest BCUT2D eigenvalue weighted by Crippen LogP contribution is 2.39. The van der Waals surface area contributed by atoms with Gasteiger partial charge in [-0.25, -0.2) is 4.79 Å². The van der Waals surface area contributed by atoms with Crippen LogP contribution in [0.4, 0.5) is 10.5 Å². The summed E-state index contributed by atoms with van der Waals surface area (Å²) in [5.41, 5.74) is 3.35. The number of hydrogen-bond donors (Lipinski definition) is 1. The number of fused-ring (bicyclic) bond motifs is 1. The van der Waals surface area contributed by atoms with Crippen LogP contribution < -0.4 is 14.8 Å². The number of methoxy groups -OCH3 is 3. The third-order valence-electron chi connectivity index (χ3n) is 5.27. The van der Waals surface area contributed by atoms with E-state index in [1.165, 1.54) is 7.11 Å². The number of ether oxygens (including phenoxy) is 3. The van der Waals surface area contributed by atoms with Gasteiger partial charge in [0.15, 0.2) is 11.5 Å². The summed E-state index contributed by atoms with van der Waals surface area (Å²) >= 11 is 6.18. The number of anilines is 1. The van der Waals surface area contributed by atoms with Crippen LogP contribution in [0, 0.1) is 6.92 Å². The summed E-state index contributed by atoms with van der Waals surface area (Å²) in [6.45, 7) is 2.33. The highest BCUT2D eigenvalue weighted by atomic mass is 35.5. The Labute approximate surface area is 180 Å². The van der Waals surface area contributed by atoms with Crippen molar-refractivity contribution in [2.45, 2.75) is 25.8 Å². The van der Waals surface area contributed by atoms with E-state index in [1.54, 1.807) is 31.3 Å². The van der Waals surface area contributed by atoms with Gasteiger partial charge in [0.2, 0.25) is 0 Å². The lowest BCUT2D eigenvalue weighted by Gasteiger charge is -2.37. The third kappa shape index (κ3) is 4.46. The number of halogens is 1. The van der Waals surface area contributed by atoms with Crippen molar-refractivity contribution in [3.63, 3.8) is 0 Å². The second-order valence-corrected chi connectivity index (χ2v) is 7.45. The van der Waals surface area contributed by atoms with Gasteiger partial charge in [-0.3, -0.25) is 4.79 Å². The molecule has 30 heavy (non-hydrogen) atoms. The average Bonchev–Trinajstić information content (AvgIpc) is 2.75. The molecule has 0 fully saturated rings. The maximum atomic E-state index is 13.1. The Balaban J connectivity index is 1.94. The summed E-state index contributed by atoms with van der Waals surface area (Å²) in [4.78, 5) is 26.9. The normalized spacial score (nSPS) is 15.2. The topological polar surface area (TPSA) is 77.1 Å². The molecular weight excluding hydrogens is 408 g/mol. The van der Waals surface area contributed by atoms with E-state index < -0.39 is 12.0 Å². The number of amides is 2. The molecule has 1 aliphatic heterocycles. The van der Waals surface area contributed by atoms with Crippen molar-refractivity contribution >= 4 is 29.3 Å². The summed E-state index contributed by atoms with van der Waals surface area (Å²) in [6.07, 6.45) is 0.649. The molecule has 0 radical (unpaired) electrons. The first-order chi connectivity index (χ1) is 14.4. The fraction of sp³-hybridized carbons (Fsp3) is 0.364. The maximum absolute atomic E-state index is 13.1. The van der Waals surface area contributed by atoms with Crippen LogP contribution in [0.15, 0.2) is 30.3 Å². The van der Waals surface area contributed by atoms with Gasteiger partial charge in [-0.1, -0.05) is 17.7 Å². The quantitative estimate of drug-likeness (QED) is 0.710. The van der Waals surface area contributed by atoms with E-state index in [2.05, 4.69) is 5.32 Å². The Bertz CT molecular complexity index is 963. The van der Waals surface area contributed by atoms with Crippen LogP contribution in [0.2, 0.25) is 5.02 Å².